The van der Waals surface area contributed by atoms with Crippen molar-refractivity contribution in [2.45, 2.75) is 354 Å². The third kappa shape index (κ3) is 80.9. The summed E-state index contributed by atoms with van der Waals surface area (Å²) in [5.74, 6) is -0.882. The summed E-state index contributed by atoms with van der Waals surface area (Å²) >= 11 is 0. The van der Waals surface area contributed by atoms with E-state index in [2.05, 4.69) is 160 Å². The molecule has 0 heterocycles. The molecule has 2 unspecified atom stereocenters. The molecule has 98 heavy (non-hydrogen) atoms. The molecule has 0 fully saturated rings. The highest BCUT2D eigenvalue weighted by atomic mass is 31.2. The van der Waals surface area contributed by atoms with Crippen LogP contribution in [0.25, 0.3) is 0 Å². The van der Waals surface area contributed by atoms with Gasteiger partial charge in [0.05, 0.1) is 27.7 Å². The lowest BCUT2D eigenvalue weighted by molar-refractivity contribution is -0.870. The number of rotatable bonds is 74. The summed E-state index contributed by atoms with van der Waals surface area (Å²) in [4.78, 5) is 38.1. The predicted octanol–water partition coefficient (Wildman–Crippen LogP) is 26.6. The second kappa shape index (κ2) is 77.1. The standard InChI is InChI=1S/C88H152NO8P/c1-6-8-10-12-14-16-18-20-22-24-26-28-30-32-34-36-38-40-41-42-43-44-45-46-47-49-50-52-54-56-58-60-62-64-66-68-70-72-74-76-78-80-87(90)94-84-86(85-96-98(92,93)95-83-82-89(3,4)5)97-88(91)81-79-77-75-73-71-69-67-65-63-61-59-57-55-53-51-48-39-37-35-33-31-29-27-25-23-21-19-17-15-13-11-9-7-2/h9,11,15,17-18,20-21,23-24,26-27,29,33,35,39,48,53,55,59,61,65,67,71,73,86H,6-8,10,12-14,16,19,22,25,28,30-32,34,36-38,40-47,49-52,54,56-58,60,62-64,66,68-70,72,74-85H2,1-5H3/b11-9-,17-15-,20-18-,23-21-,26-24-,29-27-,35-33-,48-39-,55-53-,61-59-,67-65-,73-71-. The number of unbranched alkanes of at least 4 members (excludes halogenated alkanes) is 36. The molecule has 0 aliphatic carbocycles. The van der Waals surface area contributed by atoms with Crippen LogP contribution in [0, 0.1) is 0 Å². The average Bonchev–Trinajstić information content (AvgIpc) is 1.08. The van der Waals surface area contributed by atoms with Gasteiger partial charge in [-0.15, -0.1) is 0 Å². The van der Waals surface area contributed by atoms with Crippen molar-refractivity contribution in [3.05, 3.63) is 146 Å². The molecule has 2 atom stereocenters. The topological polar surface area (TPSA) is 111 Å². The summed E-state index contributed by atoms with van der Waals surface area (Å²) in [6.07, 6.45) is 114. The van der Waals surface area contributed by atoms with Gasteiger partial charge in [-0.25, -0.2) is 0 Å². The zero-order valence-corrected chi connectivity index (χ0v) is 65.1. The Bertz CT molecular complexity index is 2170. The number of likely N-dealkylation sites (N-methyl/N-ethyl adjacent to an activating group) is 1. The van der Waals surface area contributed by atoms with Crippen LogP contribution in [-0.4, -0.2) is 70.0 Å². The van der Waals surface area contributed by atoms with E-state index >= 15 is 0 Å². The summed E-state index contributed by atoms with van der Waals surface area (Å²) in [6.45, 7) is 4.09. The van der Waals surface area contributed by atoms with Crippen molar-refractivity contribution >= 4 is 19.8 Å². The average molecular weight is 1380 g/mol. The zero-order valence-electron chi connectivity index (χ0n) is 64.2. The lowest BCUT2D eigenvalue weighted by Gasteiger charge is -2.28. The normalized spacial score (nSPS) is 13.8. The van der Waals surface area contributed by atoms with Crippen LogP contribution in [0.1, 0.15) is 348 Å². The zero-order chi connectivity index (χ0) is 71.1. The number of ether oxygens (including phenoxy) is 2. The van der Waals surface area contributed by atoms with E-state index in [9.17, 15) is 19.0 Å². The molecule has 0 amide bonds. The minimum Gasteiger partial charge on any atom is -0.756 e. The second-order valence-corrected chi connectivity index (χ2v) is 29.5. The van der Waals surface area contributed by atoms with Gasteiger partial charge in [0.25, 0.3) is 7.82 Å². The molecule has 0 spiro atoms. The summed E-state index contributed by atoms with van der Waals surface area (Å²) in [6, 6.07) is 0. The van der Waals surface area contributed by atoms with E-state index in [1.54, 1.807) is 0 Å². The predicted molar refractivity (Wildman–Crippen MR) is 424 cm³/mol. The molecule has 0 saturated carbocycles. The molecule has 0 aliphatic heterocycles. The number of phosphoric acid groups is 1. The number of allylic oxidation sites excluding steroid dienone is 24. The highest BCUT2D eigenvalue weighted by molar-refractivity contribution is 7.45. The molecule has 0 saturated heterocycles. The molecular weight excluding hydrogens is 1230 g/mol. The minimum atomic E-state index is -4.67. The van der Waals surface area contributed by atoms with Crippen LogP contribution in [0.5, 0.6) is 0 Å². The van der Waals surface area contributed by atoms with Gasteiger partial charge < -0.3 is 27.9 Å². The van der Waals surface area contributed by atoms with Gasteiger partial charge in [0, 0.05) is 12.8 Å². The van der Waals surface area contributed by atoms with Gasteiger partial charge in [-0.1, -0.05) is 359 Å². The fourth-order valence-electron chi connectivity index (χ4n) is 11.2. The van der Waals surface area contributed by atoms with Gasteiger partial charge in [0.2, 0.25) is 0 Å². The lowest BCUT2D eigenvalue weighted by atomic mass is 10.0. The SMILES string of the molecule is CC/C=C\C/C=C\C/C=C\C/C=C\C/C=C\C/C=C\C/C=C\C/C=C\C/C=C\C/C=C\CCCCC(=O)OC(COC(=O)CCCCCCCCCCCCCCCCCCCCCCCCCCCCCCC/C=C\C/C=C\CCCCCCC)COP(=O)([O-])OCC[N+](C)(C)C. The number of hydrogen-bond donors (Lipinski definition) is 0. The largest absolute Gasteiger partial charge is 0.756 e. The van der Waals surface area contributed by atoms with E-state index in [1.165, 1.54) is 212 Å². The van der Waals surface area contributed by atoms with Crippen molar-refractivity contribution in [3.8, 4) is 0 Å². The summed E-state index contributed by atoms with van der Waals surface area (Å²) < 4.78 is 34.3. The molecule has 0 radical (unpaired) electrons. The van der Waals surface area contributed by atoms with Crippen molar-refractivity contribution in [1.82, 2.24) is 0 Å². The van der Waals surface area contributed by atoms with Gasteiger partial charge in [0.1, 0.15) is 19.8 Å². The molecule has 0 N–H and O–H groups in total. The molecule has 562 valence electrons. The van der Waals surface area contributed by atoms with Crippen molar-refractivity contribution < 1.29 is 42.1 Å². The monoisotopic (exact) mass is 1380 g/mol. The van der Waals surface area contributed by atoms with Gasteiger partial charge >= 0.3 is 11.9 Å². The second-order valence-electron chi connectivity index (χ2n) is 28.0. The van der Waals surface area contributed by atoms with Gasteiger partial charge in [0.15, 0.2) is 6.10 Å². The molecule has 0 aromatic rings. The maximum absolute atomic E-state index is 12.9. The Balaban J connectivity index is 4.02. The van der Waals surface area contributed by atoms with E-state index in [1.807, 2.05) is 21.1 Å². The van der Waals surface area contributed by atoms with Gasteiger partial charge in [-0.3, -0.25) is 14.2 Å². The van der Waals surface area contributed by atoms with E-state index in [0.29, 0.717) is 17.4 Å². The molecule has 0 aliphatic rings. The molecule has 0 bridgehead atoms. The number of carbonyl (C=O) groups excluding carboxylic acids is 2. The summed E-state index contributed by atoms with van der Waals surface area (Å²) in [5.41, 5.74) is 0. The fraction of sp³-hybridized carbons (Fsp3) is 0.705. The maximum atomic E-state index is 12.9. The smallest absolute Gasteiger partial charge is 0.306 e. The van der Waals surface area contributed by atoms with Crippen molar-refractivity contribution in [2.24, 2.45) is 0 Å². The van der Waals surface area contributed by atoms with Crippen LogP contribution < -0.4 is 4.89 Å². The van der Waals surface area contributed by atoms with Crippen LogP contribution in [0.3, 0.4) is 0 Å². The van der Waals surface area contributed by atoms with Crippen LogP contribution in [0.15, 0.2) is 146 Å². The lowest BCUT2D eigenvalue weighted by Crippen LogP contribution is -2.37. The van der Waals surface area contributed by atoms with Crippen LogP contribution in [-0.2, 0) is 32.7 Å². The van der Waals surface area contributed by atoms with E-state index in [0.717, 1.165) is 103 Å². The van der Waals surface area contributed by atoms with Crippen molar-refractivity contribution in [1.29, 1.82) is 0 Å². The van der Waals surface area contributed by atoms with Crippen LogP contribution in [0.2, 0.25) is 0 Å². The van der Waals surface area contributed by atoms with Crippen LogP contribution in [0.4, 0.5) is 0 Å². The highest BCUT2D eigenvalue weighted by Crippen LogP contribution is 2.38. The Morgan fingerprint density at radius 1 is 0.327 bits per heavy atom. The summed E-state index contributed by atoms with van der Waals surface area (Å²) in [7, 11) is 1.13. The third-order valence-electron chi connectivity index (χ3n) is 17.3. The first kappa shape index (κ1) is 93.9. The Morgan fingerprint density at radius 3 is 0.888 bits per heavy atom. The fourth-order valence-corrected chi connectivity index (χ4v) is 11.9. The molecule has 0 aromatic carbocycles. The minimum absolute atomic E-state index is 0.0454. The van der Waals surface area contributed by atoms with E-state index in [-0.39, 0.29) is 26.1 Å². The van der Waals surface area contributed by atoms with E-state index < -0.39 is 32.5 Å². The van der Waals surface area contributed by atoms with Crippen molar-refractivity contribution in [2.75, 3.05) is 47.5 Å². The Hall–Kier alpha value is -4.11. The quantitative estimate of drug-likeness (QED) is 0.0195. The number of esters is 2. The number of phosphoric ester groups is 1. The van der Waals surface area contributed by atoms with Crippen molar-refractivity contribution in [3.63, 3.8) is 0 Å². The Morgan fingerprint density at radius 2 is 0.582 bits per heavy atom. The van der Waals surface area contributed by atoms with Gasteiger partial charge in [-0.05, 0) is 122 Å². The first-order valence-electron chi connectivity index (χ1n) is 40.5. The first-order valence-corrected chi connectivity index (χ1v) is 42.0. The number of carbonyl (C=O) groups is 2. The Labute approximate surface area is 605 Å². The maximum Gasteiger partial charge on any atom is 0.306 e. The molecular formula is C88H152NO8P. The molecule has 9 nitrogen and oxygen atoms in total. The van der Waals surface area contributed by atoms with E-state index in [4.69, 9.17) is 18.5 Å². The number of quaternary nitrogens is 1. The third-order valence-corrected chi connectivity index (χ3v) is 18.3. The first-order chi connectivity index (χ1) is 48.0. The number of hydrogen-bond acceptors (Lipinski definition) is 8. The van der Waals surface area contributed by atoms with Gasteiger partial charge in [-0.2, -0.15) is 0 Å². The highest BCUT2D eigenvalue weighted by Gasteiger charge is 2.22. The molecule has 10 heteroatoms. The molecule has 0 aromatic heterocycles. The Kier molecular flexibility index (Phi) is 73.8. The number of nitrogens with zero attached hydrogens (tertiary/aromatic N) is 1. The summed E-state index contributed by atoms with van der Waals surface area (Å²) in [5, 5.41) is 0. The van der Waals surface area contributed by atoms with Crippen LogP contribution >= 0.6 is 7.82 Å². The molecule has 0 rings (SSSR count).